The molecule has 2 heterocycles. The fourth-order valence-corrected chi connectivity index (χ4v) is 4.63. The highest BCUT2D eigenvalue weighted by Crippen LogP contribution is 2.34. The molecule has 2 N–H and O–H groups in total. The van der Waals surface area contributed by atoms with E-state index < -0.39 is 15.9 Å². The highest BCUT2D eigenvalue weighted by molar-refractivity contribution is 7.91. The summed E-state index contributed by atoms with van der Waals surface area (Å²) in [6.45, 7) is 0. The van der Waals surface area contributed by atoms with Gasteiger partial charge in [0, 0.05) is 18.2 Å². The van der Waals surface area contributed by atoms with Gasteiger partial charge < -0.3 is 19.8 Å². The topological polar surface area (TPSA) is 96.4 Å². The summed E-state index contributed by atoms with van der Waals surface area (Å²) in [5.74, 6) is 1.19. The average Bonchev–Trinajstić information content (AvgIpc) is 2.96. The third-order valence-electron chi connectivity index (χ3n) is 3.80. The van der Waals surface area contributed by atoms with Crippen LogP contribution in [0.1, 0.15) is 6.04 Å². The number of imidazole rings is 1. The second-order valence-corrected chi connectivity index (χ2v) is 7.31. The standard InChI is InChI=1S/C13H17N3O4S/c1-19-12-3-9-10(4-13(12)20-2)16(7-15-9)11-6-21(17,18)5-8(11)14/h3-4,7-8,11H,5-6,14H2,1-2H3. The fraction of sp³-hybridized carbons (Fsp3) is 0.462. The van der Waals surface area contributed by atoms with E-state index in [1.165, 1.54) is 0 Å². The number of ether oxygens (including phenoxy) is 2. The summed E-state index contributed by atoms with van der Waals surface area (Å²) in [5, 5.41) is 0. The maximum Gasteiger partial charge on any atom is 0.163 e. The molecule has 1 saturated heterocycles. The number of hydrogen-bond donors (Lipinski definition) is 1. The first-order chi connectivity index (χ1) is 9.95. The first kappa shape index (κ1) is 14.2. The molecular formula is C13H17N3O4S. The van der Waals surface area contributed by atoms with Crippen LogP contribution in [0.3, 0.4) is 0 Å². The monoisotopic (exact) mass is 311 g/mol. The maximum absolute atomic E-state index is 11.7. The van der Waals surface area contributed by atoms with E-state index in [1.807, 2.05) is 4.57 Å². The molecule has 7 nitrogen and oxygen atoms in total. The molecule has 0 aliphatic carbocycles. The van der Waals surface area contributed by atoms with E-state index in [9.17, 15) is 8.42 Å². The molecule has 2 atom stereocenters. The number of methoxy groups -OCH3 is 2. The molecule has 1 aliphatic rings. The van der Waals surface area contributed by atoms with Gasteiger partial charge in [0.25, 0.3) is 0 Å². The molecule has 0 radical (unpaired) electrons. The number of fused-ring (bicyclic) bond motifs is 1. The molecule has 3 rings (SSSR count). The fourth-order valence-electron chi connectivity index (χ4n) is 2.76. The minimum atomic E-state index is -3.10. The number of nitrogens with two attached hydrogens (primary N) is 1. The lowest BCUT2D eigenvalue weighted by molar-refractivity contribution is 0.355. The van der Waals surface area contributed by atoms with Gasteiger partial charge in [0.1, 0.15) is 0 Å². The zero-order chi connectivity index (χ0) is 15.2. The van der Waals surface area contributed by atoms with Crippen molar-refractivity contribution in [3.8, 4) is 11.5 Å². The molecule has 1 aromatic heterocycles. The van der Waals surface area contributed by atoms with Crippen LogP contribution < -0.4 is 15.2 Å². The van der Waals surface area contributed by atoms with Gasteiger partial charge in [0.2, 0.25) is 0 Å². The number of benzene rings is 1. The van der Waals surface area contributed by atoms with Gasteiger partial charge in [-0.3, -0.25) is 0 Å². The van der Waals surface area contributed by atoms with E-state index in [1.54, 1.807) is 32.7 Å². The van der Waals surface area contributed by atoms with Crippen molar-refractivity contribution in [2.24, 2.45) is 5.73 Å². The van der Waals surface area contributed by atoms with Crippen LogP contribution in [0.25, 0.3) is 11.0 Å². The minimum Gasteiger partial charge on any atom is -0.493 e. The Morgan fingerprint density at radius 1 is 1.24 bits per heavy atom. The van der Waals surface area contributed by atoms with Crippen molar-refractivity contribution in [1.29, 1.82) is 0 Å². The Hall–Kier alpha value is -1.80. The second kappa shape index (κ2) is 4.88. The van der Waals surface area contributed by atoms with Gasteiger partial charge in [0.15, 0.2) is 21.3 Å². The lowest BCUT2D eigenvalue weighted by Crippen LogP contribution is -2.30. The van der Waals surface area contributed by atoms with Crippen molar-refractivity contribution in [1.82, 2.24) is 9.55 Å². The molecule has 0 amide bonds. The molecule has 1 fully saturated rings. The van der Waals surface area contributed by atoms with Gasteiger partial charge in [-0.15, -0.1) is 0 Å². The van der Waals surface area contributed by atoms with E-state index in [0.29, 0.717) is 17.0 Å². The van der Waals surface area contributed by atoms with Crippen LogP contribution in [-0.4, -0.2) is 49.7 Å². The molecule has 0 bridgehead atoms. The zero-order valence-electron chi connectivity index (χ0n) is 11.8. The Balaban J connectivity index is 2.12. The number of sulfone groups is 1. The predicted molar refractivity (Wildman–Crippen MR) is 78.5 cm³/mol. The second-order valence-electron chi connectivity index (χ2n) is 5.16. The first-order valence-corrected chi connectivity index (χ1v) is 8.32. The van der Waals surface area contributed by atoms with Crippen molar-refractivity contribution in [3.63, 3.8) is 0 Å². The summed E-state index contributed by atoms with van der Waals surface area (Å²) in [5.41, 5.74) is 7.47. The molecule has 1 aliphatic heterocycles. The van der Waals surface area contributed by atoms with Crippen molar-refractivity contribution < 1.29 is 17.9 Å². The van der Waals surface area contributed by atoms with Crippen LogP contribution in [0.15, 0.2) is 18.5 Å². The van der Waals surface area contributed by atoms with Gasteiger partial charge in [-0.05, 0) is 0 Å². The highest BCUT2D eigenvalue weighted by Gasteiger charge is 2.37. The molecule has 2 aromatic rings. The lowest BCUT2D eigenvalue weighted by atomic mass is 10.1. The Morgan fingerprint density at radius 2 is 1.90 bits per heavy atom. The van der Waals surface area contributed by atoms with Gasteiger partial charge in [-0.1, -0.05) is 0 Å². The minimum absolute atomic E-state index is 0.00459. The molecule has 8 heteroatoms. The van der Waals surface area contributed by atoms with Crippen LogP contribution >= 0.6 is 0 Å². The van der Waals surface area contributed by atoms with Gasteiger partial charge in [-0.25, -0.2) is 13.4 Å². The van der Waals surface area contributed by atoms with Crippen molar-refractivity contribution >= 4 is 20.9 Å². The maximum atomic E-state index is 11.7. The summed E-state index contributed by atoms with van der Waals surface area (Å²) >= 11 is 0. The van der Waals surface area contributed by atoms with E-state index in [0.717, 1.165) is 5.52 Å². The Morgan fingerprint density at radius 3 is 2.48 bits per heavy atom. The Labute approximate surface area is 122 Å². The van der Waals surface area contributed by atoms with Crippen LogP contribution in [-0.2, 0) is 9.84 Å². The number of nitrogens with zero attached hydrogens (tertiary/aromatic N) is 2. The van der Waals surface area contributed by atoms with Gasteiger partial charge >= 0.3 is 0 Å². The third-order valence-corrected chi connectivity index (χ3v) is 5.54. The molecule has 2 unspecified atom stereocenters. The van der Waals surface area contributed by atoms with E-state index in [4.69, 9.17) is 15.2 Å². The smallest absolute Gasteiger partial charge is 0.163 e. The van der Waals surface area contributed by atoms with E-state index in [-0.39, 0.29) is 17.5 Å². The largest absolute Gasteiger partial charge is 0.493 e. The number of rotatable bonds is 3. The summed E-state index contributed by atoms with van der Waals surface area (Å²) in [6.07, 6.45) is 1.62. The number of hydrogen-bond acceptors (Lipinski definition) is 6. The third kappa shape index (κ3) is 2.34. The zero-order valence-corrected chi connectivity index (χ0v) is 12.6. The molecule has 0 spiro atoms. The number of aromatic nitrogens is 2. The van der Waals surface area contributed by atoms with Crippen molar-refractivity contribution in [3.05, 3.63) is 18.5 Å². The van der Waals surface area contributed by atoms with Gasteiger partial charge in [0.05, 0.1) is 49.1 Å². The van der Waals surface area contributed by atoms with Crippen LogP contribution in [0.5, 0.6) is 11.5 Å². The van der Waals surface area contributed by atoms with Crippen molar-refractivity contribution in [2.45, 2.75) is 12.1 Å². The summed E-state index contributed by atoms with van der Waals surface area (Å²) in [4.78, 5) is 4.31. The summed E-state index contributed by atoms with van der Waals surface area (Å²) in [6, 6.07) is 2.82. The molecule has 114 valence electrons. The molecule has 21 heavy (non-hydrogen) atoms. The quantitative estimate of drug-likeness (QED) is 0.878. The predicted octanol–water partition coefficient (Wildman–Crippen LogP) is 0.350. The highest BCUT2D eigenvalue weighted by atomic mass is 32.2. The molecule has 0 saturated carbocycles. The molecular weight excluding hydrogens is 294 g/mol. The lowest BCUT2D eigenvalue weighted by Gasteiger charge is -2.17. The summed E-state index contributed by atoms with van der Waals surface area (Å²) in [7, 11) is 0.0100. The van der Waals surface area contributed by atoms with Crippen LogP contribution in [0, 0.1) is 0 Å². The molecule has 1 aromatic carbocycles. The normalized spacial score (nSPS) is 24.3. The van der Waals surface area contributed by atoms with E-state index >= 15 is 0 Å². The van der Waals surface area contributed by atoms with Crippen LogP contribution in [0.2, 0.25) is 0 Å². The van der Waals surface area contributed by atoms with Crippen molar-refractivity contribution in [2.75, 3.05) is 25.7 Å². The van der Waals surface area contributed by atoms with Crippen LogP contribution in [0.4, 0.5) is 0 Å². The first-order valence-electron chi connectivity index (χ1n) is 6.50. The van der Waals surface area contributed by atoms with E-state index in [2.05, 4.69) is 4.98 Å². The Kier molecular flexibility index (Phi) is 3.29. The average molecular weight is 311 g/mol. The summed E-state index contributed by atoms with van der Waals surface area (Å²) < 4.78 is 35.8. The SMILES string of the molecule is COc1cc2ncn(C3CS(=O)(=O)CC3N)c2cc1OC. The van der Waals surface area contributed by atoms with Gasteiger partial charge in [-0.2, -0.15) is 0 Å². The Bertz CT molecular complexity index is 784.